The van der Waals surface area contributed by atoms with Gasteiger partial charge in [0.1, 0.15) is 0 Å². The maximum Gasteiger partial charge on any atom is 0.0816 e. The van der Waals surface area contributed by atoms with E-state index in [1.807, 2.05) is 36.4 Å². The summed E-state index contributed by atoms with van der Waals surface area (Å²) in [5.74, 6) is 5.87. The van der Waals surface area contributed by atoms with Gasteiger partial charge in [-0.15, -0.1) is 12.8 Å². The summed E-state index contributed by atoms with van der Waals surface area (Å²) in [6.07, 6.45) is 20.5. The number of rotatable bonds is 2. The topological polar surface area (TPSA) is 57.4 Å². The Hall–Kier alpha value is -5.84. The van der Waals surface area contributed by atoms with Gasteiger partial charge in [0.15, 0.2) is 0 Å². The van der Waals surface area contributed by atoms with Crippen LogP contribution in [0.2, 0.25) is 0 Å². The van der Waals surface area contributed by atoms with E-state index in [2.05, 4.69) is 99.7 Å². The predicted molar refractivity (Wildman–Crippen MR) is 194 cm³/mol. The van der Waals surface area contributed by atoms with Crippen molar-refractivity contribution >= 4 is 46.4 Å². The highest BCUT2D eigenvalue weighted by atomic mass is 14.8. The largest absolute Gasteiger partial charge is 0.354 e. The third-order valence-corrected chi connectivity index (χ3v) is 8.90. The number of terminal acetylenes is 2. The Balaban J connectivity index is 1.69. The first-order valence-corrected chi connectivity index (χ1v) is 15.4. The van der Waals surface area contributed by atoms with Crippen molar-refractivity contribution in [1.82, 2.24) is 19.9 Å². The molecule has 8 bridgehead atoms. The second kappa shape index (κ2) is 11.0. The SMILES string of the molecule is C#Cc1c2nc(c(-c3c(C)cc(C)cc3C)c3ccc([nH]3)c(C#C)c3ccc([nH]3)c(-c3c(C)cc(C)cc3C)c3nc1C=C3)C=C2. The minimum Gasteiger partial charge on any atom is -0.354 e. The first kappa shape index (κ1) is 28.9. The van der Waals surface area contributed by atoms with E-state index in [1.165, 1.54) is 33.4 Å². The molecule has 2 N–H and O–H groups in total. The van der Waals surface area contributed by atoms with Gasteiger partial charge in [-0.1, -0.05) is 47.2 Å². The number of fused-ring (bicyclic) bond motifs is 8. The van der Waals surface area contributed by atoms with E-state index < -0.39 is 0 Å². The molecule has 5 heterocycles. The summed E-state index contributed by atoms with van der Waals surface area (Å²) in [5.41, 5.74) is 19.4. The van der Waals surface area contributed by atoms with Crippen molar-refractivity contribution in [2.24, 2.45) is 0 Å². The molecule has 4 nitrogen and oxygen atoms in total. The van der Waals surface area contributed by atoms with Gasteiger partial charge in [0.2, 0.25) is 0 Å². The van der Waals surface area contributed by atoms with Crippen molar-refractivity contribution in [3.8, 4) is 46.9 Å². The molecule has 0 fully saturated rings. The Bertz CT molecular complexity index is 2240. The fraction of sp³-hybridized carbons (Fsp3) is 0.143. The minimum atomic E-state index is 0.653. The highest BCUT2D eigenvalue weighted by Gasteiger charge is 2.20. The number of nitrogens with one attached hydrogen (secondary N) is 2. The zero-order chi connectivity index (χ0) is 32.3. The summed E-state index contributed by atoms with van der Waals surface area (Å²) in [6, 6.07) is 17.1. The van der Waals surface area contributed by atoms with Crippen LogP contribution in [0.25, 0.3) is 68.6 Å². The van der Waals surface area contributed by atoms with Gasteiger partial charge < -0.3 is 9.97 Å². The van der Waals surface area contributed by atoms with Crippen LogP contribution in [0.1, 0.15) is 67.3 Å². The molecule has 0 saturated carbocycles. The van der Waals surface area contributed by atoms with Crippen LogP contribution < -0.4 is 0 Å². The first-order chi connectivity index (χ1) is 22.2. The van der Waals surface area contributed by atoms with Crippen LogP contribution in [0.3, 0.4) is 0 Å². The molecule has 5 aromatic rings. The Kier molecular flexibility index (Phi) is 6.88. The van der Waals surface area contributed by atoms with Crippen LogP contribution in [0.5, 0.6) is 0 Å². The highest BCUT2D eigenvalue weighted by Crippen LogP contribution is 2.38. The van der Waals surface area contributed by atoms with Gasteiger partial charge in [0.05, 0.1) is 44.9 Å². The number of aromatic amines is 2. The fourth-order valence-electron chi connectivity index (χ4n) is 7.18. The predicted octanol–water partition coefficient (Wildman–Crippen LogP) is 9.80. The molecule has 4 heteroatoms. The molecule has 2 aliphatic rings. The Morgan fingerprint density at radius 2 is 0.804 bits per heavy atom. The van der Waals surface area contributed by atoms with E-state index in [1.54, 1.807) is 0 Å². The van der Waals surface area contributed by atoms with Crippen LogP contribution in [0.4, 0.5) is 0 Å². The smallest absolute Gasteiger partial charge is 0.0816 e. The van der Waals surface area contributed by atoms with E-state index >= 15 is 0 Å². The maximum absolute atomic E-state index is 6.22. The molecule has 0 amide bonds. The zero-order valence-corrected chi connectivity index (χ0v) is 27.0. The molecule has 3 aromatic heterocycles. The molecule has 2 aliphatic heterocycles. The van der Waals surface area contributed by atoms with Crippen molar-refractivity contribution in [3.63, 3.8) is 0 Å². The molecule has 0 aliphatic carbocycles. The summed E-state index contributed by atoms with van der Waals surface area (Å²) in [4.78, 5) is 17.6. The normalized spacial score (nSPS) is 11.9. The van der Waals surface area contributed by atoms with Gasteiger partial charge in [-0.2, -0.15) is 0 Å². The lowest BCUT2D eigenvalue weighted by molar-refractivity contribution is 1.25. The Morgan fingerprint density at radius 1 is 0.457 bits per heavy atom. The van der Waals surface area contributed by atoms with Gasteiger partial charge in [0.25, 0.3) is 0 Å². The molecule has 0 unspecified atom stereocenters. The maximum atomic E-state index is 6.22. The number of hydrogen-bond acceptors (Lipinski definition) is 2. The monoisotopic (exact) mass is 594 g/mol. The minimum absolute atomic E-state index is 0.653. The van der Waals surface area contributed by atoms with E-state index in [0.717, 1.165) is 61.3 Å². The lowest BCUT2D eigenvalue weighted by Crippen LogP contribution is -1.95. The van der Waals surface area contributed by atoms with Crippen molar-refractivity contribution in [2.75, 3.05) is 0 Å². The lowest BCUT2D eigenvalue weighted by atomic mass is 9.92. The number of nitrogens with zero attached hydrogens (tertiary/aromatic N) is 2. The molecule has 2 aromatic carbocycles. The second-order valence-corrected chi connectivity index (χ2v) is 12.3. The molecule has 7 rings (SSSR count). The fourth-order valence-corrected chi connectivity index (χ4v) is 7.18. The lowest BCUT2D eigenvalue weighted by Gasteiger charge is -2.13. The molecule has 0 saturated heterocycles. The average Bonchev–Trinajstić information content (AvgIpc) is 3.82. The Morgan fingerprint density at radius 3 is 1.17 bits per heavy atom. The number of aryl methyl sites for hydroxylation is 6. The number of benzene rings is 2. The number of hydrogen-bond donors (Lipinski definition) is 2. The quantitative estimate of drug-likeness (QED) is 0.196. The van der Waals surface area contributed by atoms with Crippen LogP contribution in [-0.2, 0) is 0 Å². The van der Waals surface area contributed by atoms with Gasteiger partial charge in [-0.3, -0.25) is 0 Å². The average molecular weight is 595 g/mol. The molecule has 0 atom stereocenters. The summed E-state index contributed by atoms with van der Waals surface area (Å²) in [6.45, 7) is 12.8. The van der Waals surface area contributed by atoms with E-state index in [-0.39, 0.29) is 0 Å². The molecule has 46 heavy (non-hydrogen) atoms. The van der Waals surface area contributed by atoms with Gasteiger partial charge in [0, 0.05) is 22.2 Å². The standard InChI is InChI=1S/C42H34N4/c1-9-29-31-11-15-35(43-31)41(39-25(5)19-23(3)20-26(39)6)37-17-13-33(45-37)30(10-2)34-14-18-38(46-34)42(36-16-12-32(29)44-36)40-27(7)21-24(4)22-28(40)8/h1-2,11-22,43-44H,3-8H3. The van der Waals surface area contributed by atoms with Gasteiger partial charge >= 0.3 is 0 Å². The number of aromatic nitrogens is 4. The second-order valence-electron chi connectivity index (χ2n) is 12.3. The summed E-state index contributed by atoms with van der Waals surface area (Å²) >= 11 is 0. The van der Waals surface area contributed by atoms with E-state index in [9.17, 15) is 0 Å². The third-order valence-electron chi connectivity index (χ3n) is 8.90. The zero-order valence-electron chi connectivity index (χ0n) is 27.0. The molecule has 0 radical (unpaired) electrons. The summed E-state index contributed by atoms with van der Waals surface area (Å²) < 4.78 is 0. The van der Waals surface area contributed by atoms with Crippen LogP contribution in [-0.4, -0.2) is 19.9 Å². The molecular weight excluding hydrogens is 560 g/mol. The van der Waals surface area contributed by atoms with E-state index in [4.69, 9.17) is 22.8 Å². The van der Waals surface area contributed by atoms with Crippen LogP contribution >= 0.6 is 0 Å². The van der Waals surface area contributed by atoms with Crippen molar-refractivity contribution in [2.45, 2.75) is 41.5 Å². The number of H-pyrrole nitrogens is 2. The molecule has 222 valence electrons. The van der Waals surface area contributed by atoms with Crippen LogP contribution in [0.15, 0.2) is 48.5 Å². The summed E-state index contributed by atoms with van der Waals surface area (Å²) in [7, 11) is 0. The highest BCUT2D eigenvalue weighted by molar-refractivity contribution is 5.97. The van der Waals surface area contributed by atoms with Gasteiger partial charge in [-0.05, 0) is 123 Å². The van der Waals surface area contributed by atoms with Crippen molar-refractivity contribution in [1.29, 1.82) is 0 Å². The molecule has 0 spiro atoms. The first-order valence-electron chi connectivity index (χ1n) is 15.4. The molecular formula is C42H34N4. The van der Waals surface area contributed by atoms with Gasteiger partial charge in [-0.25, -0.2) is 9.97 Å². The van der Waals surface area contributed by atoms with Crippen LogP contribution in [0, 0.1) is 66.2 Å². The third kappa shape index (κ3) is 4.68. The summed E-state index contributed by atoms with van der Waals surface area (Å²) in [5, 5.41) is 0. The Labute approximate surface area is 270 Å². The van der Waals surface area contributed by atoms with Crippen molar-refractivity contribution < 1.29 is 0 Å². The van der Waals surface area contributed by atoms with E-state index in [0.29, 0.717) is 17.0 Å². The van der Waals surface area contributed by atoms with Crippen molar-refractivity contribution in [3.05, 3.63) is 116 Å².